The van der Waals surface area contributed by atoms with E-state index in [1.807, 2.05) is 24.3 Å². The van der Waals surface area contributed by atoms with Crippen molar-refractivity contribution in [1.29, 1.82) is 0 Å². The standard InChI is InChI=1S/C56H96O6/c1-4-7-10-13-16-19-21-23-25-27-29-30-32-34-37-40-43-46-49-55(58)61-52-53(51-60-54(57)48-45-42-39-36-18-15-12-9-6-3)62-56(59)50-47-44-41-38-35-33-31-28-26-24-22-20-17-14-11-8-5-2/h10,13,16,19,21,23,25,27,29-30,36,39,53H,4-9,11-12,14-15,17-18,20,22,24,26,28,31-35,37-38,40-52H2,1-3H3/b13-10-,19-16-,23-21-,27-25-,30-29-,39-36-. The summed E-state index contributed by atoms with van der Waals surface area (Å²) in [5, 5.41) is 0. The molecular weight excluding hydrogens is 769 g/mol. The quantitative estimate of drug-likeness (QED) is 0.0199. The molecule has 0 bridgehead atoms. The van der Waals surface area contributed by atoms with Crippen LogP contribution in [0.1, 0.15) is 245 Å². The van der Waals surface area contributed by atoms with Crippen LogP contribution in [0.5, 0.6) is 0 Å². The van der Waals surface area contributed by atoms with Gasteiger partial charge in [0.05, 0.1) is 0 Å². The zero-order chi connectivity index (χ0) is 45.1. The Bertz CT molecular complexity index is 1180. The summed E-state index contributed by atoms with van der Waals surface area (Å²) >= 11 is 0. The van der Waals surface area contributed by atoms with Crippen molar-refractivity contribution in [2.75, 3.05) is 13.2 Å². The third kappa shape index (κ3) is 47.9. The summed E-state index contributed by atoms with van der Waals surface area (Å²) in [6.45, 7) is 6.48. The van der Waals surface area contributed by atoms with Crippen molar-refractivity contribution in [2.24, 2.45) is 0 Å². The van der Waals surface area contributed by atoms with Gasteiger partial charge in [-0.05, 0) is 57.8 Å². The molecule has 0 saturated heterocycles. The monoisotopic (exact) mass is 865 g/mol. The van der Waals surface area contributed by atoms with Crippen LogP contribution in [0.3, 0.4) is 0 Å². The smallest absolute Gasteiger partial charge is 0.306 e. The highest BCUT2D eigenvalue weighted by atomic mass is 16.6. The van der Waals surface area contributed by atoms with Gasteiger partial charge in [0.1, 0.15) is 13.2 Å². The second kappa shape index (κ2) is 50.5. The average molecular weight is 865 g/mol. The van der Waals surface area contributed by atoms with Crippen LogP contribution in [0.25, 0.3) is 0 Å². The normalized spacial score (nSPS) is 12.6. The van der Waals surface area contributed by atoms with E-state index in [1.54, 1.807) is 0 Å². The highest BCUT2D eigenvalue weighted by molar-refractivity contribution is 5.71. The number of hydrogen-bond acceptors (Lipinski definition) is 6. The molecule has 62 heavy (non-hydrogen) atoms. The second-order valence-electron chi connectivity index (χ2n) is 17.2. The lowest BCUT2D eigenvalue weighted by atomic mass is 10.0. The van der Waals surface area contributed by atoms with E-state index in [1.165, 1.54) is 122 Å². The number of esters is 3. The van der Waals surface area contributed by atoms with E-state index >= 15 is 0 Å². The first-order valence-electron chi connectivity index (χ1n) is 26.0. The fourth-order valence-corrected chi connectivity index (χ4v) is 7.12. The Balaban J connectivity index is 4.38. The number of rotatable bonds is 46. The summed E-state index contributed by atoms with van der Waals surface area (Å²) in [7, 11) is 0. The maximum atomic E-state index is 12.8. The van der Waals surface area contributed by atoms with Crippen LogP contribution in [-0.4, -0.2) is 37.2 Å². The van der Waals surface area contributed by atoms with Crippen LogP contribution < -0.4 is 0 Å². The van der Waals surface area contributed by atoms with Crippen molar-refractivity contribution < 1.29 is 28.6 Å². The Morgan fingerprint density at radius 1 is 0.323 bits per heavy atom. The van der Waals surface area contributed by atoms with Gasteiger partial charge in [-0.2, -0.15) is 0 Å². The lowest BCUT2D eigenvalue weighted by Gasteiger charge is -2.18. The van der Waals surface area contributed by atoms with Crippen LogP contribution in [-0.2, 0) is 28.6 Å². The largest absolute Gasteiger partial charge is 0.462 e. The number of unbranched alkanes of at least 4 members (excludes halogenated alkanes) is 27. The van der Waals surface area contributed by atoms with E-state index in [-0.39, 0.29) is 31.1 Å². The predicted octanol–water partition coefficient (Wildman–Crippen LogP) is 17.0. The van der Waals surface area contributed by atoms with Gasteiger partial charge < -0.3 is 14.2 Å². The van der Waals surface area contributed by atoms with E-state index in [0.717, 1.165) is 77.0 Å². The highest BCUT2D eigenvalue weighted by Crippen LogP contribution is 2.15. The average Bonchev–Trinajstić information content (AvgIpc) is 3.27. The molecule has 0 rings (SSSR count). The second-order valence-corrected chi connectivity index (χ2v) is 17.2. The summed E-state index contributed by atoms with van der Waals surface area (Å²) in [5.41, 5.74) is 0. The molecule has 6 nitrogen and oxygen atoms in total. The number of hydrogen-bond donors (Lipinski definition) is 0. The zero-order valence-corrected chi connectivity index (χ0v) is 40.6. The van der Waals surface area contributed by atoms with Gasteiger partial charge in [-0.25, -0.2) is 0 Å². The van der Waals surface area contributed by atoms with Crippen molar-refractivity contribution in [3.63, 3.8) is 0 Å². The molecule has 0 heterocycles. The molecule has 1 unspecified atom stereocenters. The van der Waals surface area contributed by atoms with E-state index < -0.39 is 6.10 Å². The van der Waals surface area contributed by atoms with Gasteiger partial charge >= 0.3 is 17.9 Å². The number of carbonyl (C=O) groups is 3. The van der Waals surface area contributed by atoms with Crippen LogP contribution in [0.15, 0.2) is 72.9 Å². The zero-order valence-electron chi connectivity index (χ0n) is 40.6. The molecule has 1 atom stereocenters. The van der Waals surface area contributed by atoms with Crippen LogP contribution in [0.4, 0.5) is 0 Å². The molecule has 0 amide bonds. The van der Waals surface area contributed by atoms with Gasteiger partial charge in [0.25, 0.3) is 0 Å². The summed E-state index contributed by atoms with van der Waals surface area (Å²) < 4.78 is 16.7. The molecule has 0 fully saturated rings. The van der Waals surface area contributed by atoms with Gasteiger partial charge in [-0.1, -0.05) is 241 Å². The Morgan fingerprint density at radius 3 is 1.10 bits per heavy atom. The molecule has 0 aromatic rings. The van der Waals surface area contributed by atoms with Crippen molar-refractivity contribution in [1.82, 2.24) is 0 Å². The third-order valence-corrected chi connectivity index (χ3v) is 11.0. The fraction of sp³-hybridized carbons (Fsp3) is 0.732. The van der Waals surface area contributed by atoms with Crippen molar-refractivity contribution in [2.45, 2.75) is 252 Å². The maximum Gasteiger partial charge on any atom is 0.306 e. The van der Waals surface area contributed by atoms with Crippen LogP contribution in [0, 0.1) is 0 Å². The first-order valence-corrected chi connectivity index (χ1v) is 26.0. The minimum absolute atomic E-state index is 0.0959. The van der Waals surface area contributed by atoms with Gasteiger partial charge in [0, 0.05) is 19.3 Å². The minimum Gasteiger partial charge on any atom is -0.462 e. The van der Waals surface area contributed by atoms with Gasteiger partial charge in [0.15, 0.2) is 6.10 Å². The molecule has 356 valence electrons. The SMILES string of the molecule is CCC\C=C/C=C\C=C/C=C\C=C/CCCCCCCC(=O)OCC(COC(=O)CCC/C=C\CCCCCC)OC(=O)CCCCCCCCCCCCCCCCCCC. The molecule has 0 saturated carbocycles. The van der Waals surface area contributed by atoms with Crippen LogP contribution >= 0.6 is 0 Å². The summed E-state index contributed by atoms with van der Waals surface area (Å²) in [5.74, 6) is -0.951. The molecule has 0 N–H and O–H groups in total. The molecule has 0 aliphatic heterocycles. The highest BCUT2D eigenvalue weighted by Gasteiger charge is 2.19. The molecule has 0 radical (unpaired) electrons. The minimum atomic E-state index is -0.794. The maximum absolute atomic E-state index is 12.8. The number of carbonyl (C=O) groups excluding carboxylic acids is 3. The van der Waals surface area contributed by atoms with Crippen molar-refractivity contribution in [3.05, 3.63) is 72.9 Å². The van der Waals surface area contributed by atoms with Gasteiger partial charge in [-0.3, -0.25) is 14.4 Å². The first kappa shape index (κ1) is 58.9. The predicted molar refractivity (Wildman–Crippen MR) is 265 cm³/mol. The first-order chi connectivity index (χ1) is 30.5. The molecule has 0 aromatic heterocycles. The van der Waals surface area contributed by atoms with Crippen molar-refractivity contribution in [3.8, 4) is 0 Å². The van der Waals surface area contributed by atoms with E-state index in [2.05, 4.69) is 69.4 Å². The summed E-state index contributed by atoms with van der Waals surface area (Å²) in [6.07, 6.45) is 63.2. The molecule has 0 aromatic carbocycles. The van der Waals surface area contributed by atoms with Crippen molar-refractivity contribution >= 4 is 17.9 Å². The van der Waals surface area contributed by atoms with E-state index in [0.29, 0.717) is 25.7 Å². The molecule has 0 aliphatic rings. The summed E-state index contributed by atoms with van der Waals surface area (Å²) in [6, 6.07) is 0. The van der Waals surface area contributed by atoms with E-state index in [4.69, 9.17) is 14.2 Å². The molecule has 0 spiro atoms. The molecule has 6 heteroatoms. The lowest BCUT2D eigenvalue weighted by molar-refractivity contribution is -0.167. The Morgan fingerprint density at radius 2 is 0.645 bits per heavy atom. The van der Waals surface area contributed by atoms with E-state index in [9.17, 15) is 14.4 Å². The fourth-order valence-electron chi connectivity index (χ4n) is 7.12. The molecular formula is C56H96O6. The lowest BCUT2D eigenvalue weighted by Crippen LogP contribution is -2.30. The van der Waals surface area contributed by atoms with Gasteiger partial charge in [-0.15, -0.1) is 0 Å². The Labute approximate surface area is 382 Å². The van der Waals surface area contributed by atoms with Crippen LogP contribution in [0.2, 0.25) is 0 Å². The Kier molecular flexibility index (Phi) is 47.9. The number of allylic oxidation sites excluding steroid dienone is 12. The topological polar surface area (TPSA) is 78.9 Å². The summed E-state index contributed by atoms with van der Waals surface area (Å²) in [4.78, 5) is 37.9. The number of ether oxygens (including phenoxy) is 3. The Hall–Kier alpha value is -3.15. The third-order valence-electron chi connectivity index (χ3n) is 11.0. The van der Waals surface area contributed by atoms with Gasteiger partial charge in [0.2, 0.25) is 0 Å². The molecule has 0 aliphatic carbocycles.